The number of hydrogen-bond donors (Lipinski definition) is 1. The summed E-state index contributed by atoms with van der Waals surface area (Å²) in [5.41, 5.74) is 0.219. The summed E-state index contributed by atoms with van der Waals surface area (Å²) in [5.74, 6) is 0. The minimum atomic E-state index is -0.777. The summed E-state index contributed by atoms with van der Waals surface area (Å²) in [6.45, 7) is 0. The molecule has 2 amide bonds. The van der Waals surface area contributed by atoms with Crippen molar-refractivity contribution in [2.45, 2.75) is 0 Å². The fourth-order valence-electron chi connectivity index (χ4n) is 0.961. The average molecular weight is 195 g/mol. The molecule has 0 aliphatic rings. The lowest BCUT2D eigenvalue weighted by Crippen LogP contribution is -2.42. The van der Waals surface area contributed by atoms with Gasteiger partial charge in [0.2, 0.25) is 0 Å². The van der Waals surface area contributed by atoms with E-state index in [0.717, 1.165) is 0 Å². The number of nitro groups is 1. The summed E-state index contributed by atoms with van der Waals surface area (Å²) in [5, 5.41) is 12.4. The molecule has 0 bridgehead atoms. The number of rotatable bonds is 2. The third kappa shape index (κ3) is 1.98. The molecule has 6 nitrogen and oxygen atoms in total. The molecule has 0 aliphatic heterocycles. The normalized spacial score (nSPS) is 9.21. The Kier molecular flexibility index (Phi) is 3.01. The Balaban J connectivity index is 3.01. The second-order valence-electron chi connectivity index (χ2n) is 2.44. The molecule has 0 aromatic heterocycles. The smallest absolute Gasteiger partial charge is 0.336 e. The highest BCUT2D eigenvalue weighted by atomic mass is 16.7. The molecule has 1 aromatic rings. The zero-order valence-corrected chi connectivity index (χ0v) is 7.51. The van der Waals surface area contributed by atoms with Crippen molar-refractivity contribution in [2.75, 3.05) is 12.1 Å². The summed E-state index contributed by atoms with van der Waals surface area (Å²) in [4.78, 5) is 21.7. The molecule has 1 rings (SSSR count). The molecule has 1 N–H and O–H groups in total. The van der Waals surface area contributed by atoms with Gasteiger partial charge in [0.1, 0.15) is 5.69 Å². The lowest BCUT2D eigenvalue weighted by Gasteiger charge is -2.10. The minimum absolute atomic E-state index is 0.219. The molecule has 74 valence electrons. The number of hydrazine groups is 1. The quantitative estimate of drug-likeness (QED) is 0.565. The lowest BCUT2D eigenvalue weighted by molar-refractivity contribution is -0.481. The summed E-state index contributed by atoms with van der Waals surface area (Å²) < 4.78 is 0. The molecule has 0 saturated heterocycles. The Morgan fingerprint density at radius 3 is 2.43 bits per heavy atom. The number of anilines is 1. The number of hydrogen-bond acceptors (Lipinski definition) is 3. The fourth-order valence-corrected chi connectivity index (χ4v) is 0.961. The van der Waals surface area contributed by atoms with E-state index in [9.17, 15) is 14.9 Å². The van der Waals surface area contributed by atoms with Crippen LogP contribution in [0.1, 0.15) is 0 Å². The molecular weight excluding hydrogens is 186 g/mol. The van der Waals surface area contributed by atoms with Gasteiger partial charge in [0.05, 0.1) is 0 Å². The fraction of sp³-hybridized carbons (Fsp3) is 0.125. The summed E-state index contributed by atoms with van der Waals surface area (Å²) in [7, 11) is 1.34. The summed E-state index contributed by atoms with van der Waals surface area (Å²) in [6, 6.07) is 7.15. The van der Waals surface area contributed by atoms with E-state index < -0.39 is 11.1 Å². The van der Waals surface area contributed by atoms with Gasteiger partial charge < -0.3 is 5.32 Å². The highest BCUT2D eigenvalue weighted by molar-refractivity contribution is 5.89. The highest BCUT2D eigenvalue weighted by Gasteiger charge is 2.24. The Bertz CT molecular complexity index is 339. The van der Waals surface area contributed by atoms with Crippen molar-refractivity contribution in [3.63, 3.8) is 0 Å². The molecule has 0 unspecified atom stereocenters. The first-order valence-corrected chi connectivity index (χ1v) is 3.88. The standard InChI is InChI=1S/C8H9N3O3/c1-9-8(12)10(11(13)14)7-5-3-2-4-6-7/h2-6H,1H3,(H,9,12). The van der Waals surface area contributed by atoms with E-state index in [1.165, 1.54) is 19.2 Å². The van der Waals surface area contributed by atoms with Crippen LogP contribution < -0.4 is 10.3 Å². The van der Waals surface area contributed by atoms with E-state index in [2.05, 4.69) is 5.32 Å². The van der Waals surface area contributed by atoms with E-state index in [1.807, 2.05) is 0 Å². The van der Waals surface area contributed by atoms with Crippen LogP contribution in [0.2, 0.25) is 0 Å². The molecule has 0 saturated carbocycles. The lowest BCUT2D eigenvalue weighted by atomic mass is 10.3. The van der Waals surface area contributed by atoms with Crippen molar-refractivity contribution in [3.05, 3.63) is 40.4 Å². The van der Waals surface area contributed by atoms with Crippen molar-refractivity contribution in [2.24, 2.45) is 0 Å². The second kappa shape index (κ2) is 4.22. The average Bonchev–Trinajstić information content (AvgIpc) is 2.19. The van der Waals surface area contributed by atoms with Gasteiger partial charge in [0.25, 0.3) is 0 Å². The van der Waals surface area contributed by atoms with Crippen LogP contribution in [0.3, 0.4) is 0 Å². The van der Waals surface area contributed by atoms with Crippen molar-refractivity contribution in [1.29, 1.82) is 0 Å². The minimum Gasteiger partial charge on any atom is -0.336 e. The first-order chi connectivity index (χ1) is 6.66. The van der Waals surface area contributed by atoms with E-state index in [4.69, 9.17) is 0 Å². The van der Waals surface area contributed by atoms with Crippen LogP contribution in [0, 0.1) is 10.1 Å². The number of para-hydroxylation sites is 1. The topological polar surface area (TPSA) is 75.5 Å². The van der Waals surface area contributed by atoms with Crippen LogP contribution in [0.25, 0.3) is 0 Å². The van der Waals surface area contributed by atoms with Crippen molar-refractivity contribution in [3.8, 4) is 0 Å². The van der Waals surface area contributed by atoms with Crippen LogP contribution in [0.15, 0.2) is 30.3 Å². The van der Waals surface area contributed by atoms with Crippen molar-refractivity contribution in [1.82, 2.24) is 5.32 Å². The van der Waals surface area contributed by atoms with Gasteiger partial charge in [-0.2, -0.15) is 0 Å². The Morgan fingerprint density at radius 1 is 1.43 bits per heavy atom. The number of nitrogens with zero attached hydrogens (tertiary/aromatic N) is 2. The summed E-state index contributed by atoms with van der Waals surface area (Å²) >= 11 is 0. The second-order valence-corrected chi connectivity index (χ2v) is 2.44. The number of amides is 2. The molecule has 14 heavy (non-hydrogen) atoms. The van der Waals surface area contributed by atoms with E-state index >= 15 is 0 Å². The van der Waals surface area contributed by atoms with Gasteiger partial charge in [0.15, 0.2) is 5.03 Å². The third-order valence-corrected chi connectivity index (χ3v) is 1.57. The zero-order chi connectivity index (χ0) is 10.6. The van der Waals surface area contributed by atoms with Gasteiger partial charge in [-0.05, 0) is 17.1 Å². The van der Waals surface area contributed by atoms with Gasteiger partial charge in [0, 0.05) is 7.05 Å². The van der Waals surface area contributed by atoms with Gasteiger partial charge in [-0.3, -0.25) is 0 Å². The van der Waals surface area contributed by atoms with Gasteiger partial charge in [-0.15, -0.1) is 0 Å². The Morgan fingerprint density at radius 2 is 2.00 bits per heavy atom. The van der Waals surface area contributed by atoms with Crippen LogP contribution in [0.4, 0.5) is 10.5 Å². The monoisotopic (exact) mass is 195 g/mol. The van der Waals surface area contributed by atoms with E-state index in [0.29, 0.717) is 5.01 Å². The maximum Gasteiger partial charge on any atom is 0.381 e. The van der Waals surface area contributed by atoms with Crippen LogP contribution >= 0.6 is 0 Å². The molecule has 0 heterocycles. The van der Waals surface area contributed by atoms with Crippen molar-refractivity contribution >= 4 is 11.7 Å². The van der Waals surface area contributed by atoms with Gasteiger partial charge >= 0.3 is 6.03 Å². The van der Waals surface area contributed by atoms with Crippen LogP contribution in [0.5, 0.6) is 0 Å². The molecule has 6 heteroatoms. The van der Waals surface area contributed by atoms with Crippen molar-refractivity contribution < 1.29 is 9.83 Å². The van der Waals surface area contributed by atoms with E-state index in [-0.39, 0.29) is 5.69 Å². The maximum atomic E-state index is 11.1. The molecule has 1 aromatic carbocycles. The first kappa shape index (κ1) is 9.97. The number of carbonyl (C=O) groups is 1. The SMILES string of the molecule is CNC(=O)N(c1ccccc1)[N+](=O)[O-]. The largest absolute Gasteiger partial charge is 0.381 e. The molecule has 0 radical (unpaired) electrons. The van der Waals surface area contributed by atoms with Crippen LogP contribution in [-0.4, -0.2) is 18.1 Å². The molecule has 0 atom stereocenters. The van der Waals surface area contributed by atoms with Gasteiger partial charge in [-0.25, -0.2) is 14.9 Å². The molecule has 0 fully saturated rings. The molecule has 0 spiro atoms. The summed E-state index contributed by atoms with van der Waals surface area (Å²) in [6.07, 6.45) is 0. The number of carbonyl (C=O) groups excluding carboxylic acids is 1. The predicted octanol–water partition coefficient (Wildman–Crippen LogP) is 1.02. The maximum absolute atomic E-state index is 11.1. The number of nitrogens with one attached hydrogen (secondary N) is 1. The van der Waals surface area contributed by atoms with Crippen LogP contribution in [-0.2, 0) is 0 Å². The molecular formula is C8H9N3O3. The Labute approximate surface area is 80.3 Å². The van der Waals surface area contributed by atoms with Gasteiger partial charge in [-0.1, -0.05) is 18.2 Å². The molecule has 0 aliphatic carbocycles. The van der Waals surface area contributed by atoms with E-state index in [1.54, 1.807) is 18.2 Å². The zero-order valence-electron chi connectivity index (χ0n) is 7.51. The third-order valence-electron chi connectivity index (χ3n) is 1.57. The number of urea groups is 1. The first-order valence-electron chi connectivity index (χ1n) is 3.88. The predicted molar refractivity (Wildman–Crippen MR) is 50.4 cm³/mol. The Hall–Kier alpha value is -2.11. The number of benzene rings is 1. The highest BCUT2D eigenvalue weighted by Crippen LogP contribution is 2.12.